The molecule has 2 atom stereocenters. The average Bonchev–Trinajstić information content (AvgIpc) is 3.27. The zero-order valence-corrected chi connectivity index (χ0v) is 35.4. The molecule has 0 bridgehead atoms. The van der Waals surface area contributed by atoms with Crippen molar-refractivity contribution in [3.63, 3.8) is 0 Å². The van der Waals surface area contributed by atoms with Crippen molar-refractivity contribution in [3.05, 3.63) is 193 Å². The number of carbonyl (C=O) groups is 1. The van der Waals surface area contributed by atoms with Crippen LogP contribution in [0.1, 0.15) is 23.6 Å². The highest BCUT2D eigenvalue weighted by Crippen LogP contribution is 2.39. The van der Waals surface area contributed by atoms with E-state index in [9.17, 15) is 18.0 Å². The van der Waals surface area contributed by atoms with Gasteiger partial charge in [0, 0.05) is 29.4 Å². The minimum Gasteiger partial charge on any atom is -0.458 e. The summed E-state index contributed by atoms with van der Waals surface area (Å²) in [5.74, 6) is 0.0741. The van der Waals surface area contributed by atoms with Gasteiger partial charge in [-0.15, -0.1) is 0 Å². The van der Waals surface area contributed by atoms with Gasteiger partial charge in [0.2, 0.25) is 6.35 Å². The van der Waals surface area contributed by atoms with Crippen LogP contribution < -0.4 is 29.7 Å². The molecular weight excluding hydrogens is 806 g/mol. The van der Waals surface area contributed by atoms with Crippen molar-refractivity contribution in [2.45, 2.75) is 39.2 Å². The second-order valence-electron chi connectivity index (χ2n) is 15.1. The van der Waals surface area contributed by atoms with Crippen LogP contribution >= 0.6 is 0 Å². The van der Waals surface area contributed by atoms with Crippen LogP contribution in [-0.2, 0) is 6.18 Å². The number of halogens is 3. The molecule has 7 aromatic carbocycles. The molecule has 322 valence electrons. The molecule has 63 heavy (non-hydrogen) atoms. The summed E-state index contributed by atoms with van der Waals surface area (Å²) in [7, 11) is 3.71. The molecule has 7 rings (SSSR count). The predicted octanol–water partition coefficient (Wildman–Crippen LogP) is 12.7. The minimum absolute atomic E-state index is 0.196. The van der Waals surface area contributed by atoms with Crippen LogP contribution in [-0.4, -0.2) is 42.4 Å². The molecule has 0 fully saturated rings. The smallest absolute Gasteiger partial charge is 0.416 e. The zero-order chi connectivity index (χ0) is 44.6. The van der Waals surface area contributed by atoms with Crippen molar-refractivity contribution >= 4 is 17.4 Å². The first-order chi connectivity index (χ1) is 30.3. The first-order valence-corrected chi connectivity index (χ1v) is 20.2. The highest BCUT2D eigenvalue weighted by molar-refractivity contribution is 6.00. The normalized spacial score (nSPS) is 12.9. The van der Waals surface area contributed by atoms with E-state index < -0.39 is 30.0 Å². The number of aryl methyl sites for hydroxylation is 2. The summed E-state index contributed by atoms with van der Waals surface area (Å²) in [4.78, 5) is 22.1. The van der Waals surface area contributed by atoms with Gasteiger partial charge in [0.15, 0.2) is 5.75 Å². The maximum absolute atomic E-state index is 13.2. The van der Waals surface area contributed by atoms with Crippen molar-refractivity contribution in [1.29, 1.82) is 0 Å². The van der Waals surface area contributed by atoms with Gasteiger partial charge in [0.25, 0.3) is 0 Å². The fraction of sp³-hybridized carbons (Fsp3) is 0.157. The fourth-order valence-corrected chi connectivity index (χ4v) is 6.96. The number of hydrogen-bond acceptors (Lipinski definition) is 7. The third kappa shape index (κ3) is 10.8. The lowest BCUT2D eigenvalue weighted by Gasteiger charge is -2.44. The first-order valence-electron chi connectivity index (χ1n) is 20.2. The lowest BCUT2D eigenvalue weighted by Crippen LogP contribution is -2.65. The molecule has 0 saturated heterocycles. The molecule has 0 heterocycles. The molecule has 7 aromatic rings. The Labute approximate surface area is 365 Å². The van der Waals surface area contributed by atoms with Crippen LogP contribution in [0.15, 0.2) is 176 Å². The predicted molar refractivity (Wildman–Crippen MR) is 240 cm³/mol. The van der Waals surface area contributed by atoms with Gasteiger partial charge >= 0.3 is 18.1 Å². The molecule has 0 saturated carbocycles. The quantitative estimate of drug-likeness (QED) is 0.0785. The molecule has 12 heteroatoms. The highest BCUT2D eigenvalue weighted by Gasteiger charge is 2.47. The van der Waals surface area contributed by atoms with Crippen molar-refractivity contribution < 1.29 is 37.0 Å². The number of ether oxygens (including phenoxy) is 3. The molecule has 2 amide bonds. The van der Waals surface area contributed by atoms with E-state index in [1.165, 1.54) is 17.2 Å². The molecule has 2 unspecified atom stereocenters. The van der Waals surface area contributed by atoms with Gasteiger partial charge in [-0.3, -0.25) is 4.90 Å². The van der Waals surface area contributed by atoms with E-state index >= 15 is 0 Å². The van der Waals surface area contributed by atoms with Crippen molar-refractivity contribution in [1.82, 2.24) is 9.96 Å². The Morgan fingerprint density at radius 3 is 1.62 bits per heavy atom. The Morgan fingerprint density at radius 2 is 1.08 bits per heavy atom. The monoisotopic (exact) mass is 852 g/mol. The summed E-state index contributed by atoms with van der Waals surface area (Å²) >= 11 is 0. The van der Waals surface area contributed by atoms with E-state index in [1.807, 2.05) is 172 Å². The minimum atomic E-state index is -4.50. The maximum atomic E-state index is 13.2. The number of urea groups is 1. The van der Waals surface area contributed by atoms with Gasteiger partial charge in [-0.25, -0.2) is 4.79 Å². The van der Waals surface area contributed by atoms with Gasteiger partial charge in [0.05, 0.1) is 5.56 Å². The average molecular weight is 853 g/mol. The van der Waals surface area contributed by atoms with E-state index in [1.54, 1.807) is 19.1 Å². The van der Waals surface area contributed by atoms with E-state index in [0.717, 1.165) is 34.4 Å². The van der Waals surface area contributed by atoms with Gasteiger partial charge in [-0.1, -0.05) is 115 Å². The van der Waals surface area contributed by atoms with Crippen LogP contribution in [0.25, 0.3) is 22.3 Å². The third-order valence-electron chi connectivity index (χ3n) is 9.99. The zero-order valence-electron chi connectivity index (χ0n) is 35.4. The number of amides is 2. The molecule has 0 aliphatic rings. The summed E-state index contributed by atoms with van der Waals surface area (Å²) in [6.07, 6.45) is -5.48. The number of carbonyl (C=O) groups excluding carboxylic acids is 1. The number of rotatable bonds is 15. The molecular formula is C51H47F3N4O5. The summed E-state index contributed by atoms with van der Waals surface area (Å²) < 4.78 is 60.3. The van der Waals surface area contributed by atoms with Crippen molar-refractivity contribution in [2.24, 2.45) is 0 Å². The molecule has 0 radical (unpaired) electrons. The Kier molecular flexibility index (Phi) is 13.3. The van der Waals surface area contributed by atoms with Crippen molar-refractivity contribution in [3.8, 4) is 45.3 Å². The standard InChI is InChI=1S/C51H47F3N4O5/c1-35-33-42(34-36(2)47(35)56-48(59)55-40-31-29-39(30-32-40)51(52,53)54)61-50(3,62-45-27-17-15-25-43(45)37-19-9-6-10-20-37)58(49(57(4)5)60-41-23-13-8-14-24-41)63-46-28-18-16-26-44(46)38-21-11-7-12-22-38/h6-34,49H,1-5H3,(H2,55,56,59). The number of nitrogens with one attached hydrogen (secondary N) is 2. The number of para-hydroxylation sites is 3. The highest BCUT2D eigenvalue weighted by atomic mass is 19.4. The van der Waals surface area contributed by atoms with E-state index in [-0.39, 0.29) is 5.69 Å². The number of nitrogens with zero attached hydrogens (tertiary/aromatic N) is 2. The lowest BCUT2D eigenvalue weighted by atomic mass is 10.0. The topological polar surface area (TPSA) is 84.5 Å². The number of alkyl halides is 3. The molecule has 0 aromatic heterocycles. The van der Waals surface area contributed by atoms with Crippen LogP contribution in [0.4, 0.5) is 29.3 Å². The molecule has 9 nitrogen and oxygen atoms in total. The number of benzene rings is 7. The van der Waals surface area contributed by atoms with Gasteiger partial charge < -0.3 is 29.7 Å². The second-order valence-corrected chi connectivity index (χ2v) is 15.1. The van der Waals surface area contributed by atoms with E-state index in [0.29, 0.717) is 39.8 Å². The Balaban J connectivity index is 1.31. The van der Waals surface area contributed by atoms with Crippen LogP contribution in [0.3, 0.4) is 0 Å². The SMILES string of the molecule is Cc1cc(OC(C)(Oc2ccccc2-c2ccccc2)N(Oc2ccccc2-c2ccccc2)C(Oc2ccccc2)N(C)C)cc(C)c1NC(=O)Nc1ccc(C(F)(F)F)cc1. The molecule has 0 spiro atoms. The Hall–Kier alpha value is -7.28. The number of anilines is 2. The fourth-order valence-electron chi connectivity index (χ4n) is 6.96. The van der Waals surface area contributed by atoms with Crippen LogP contribution in [0, 0.1) is 13.8 Å². The molecule has 0 aliphatic heterocycles. The third-order valence-corrected chi connectivity index (χ3v) is 9.99. The van der Waals surface area contributed by atoms with Crippen LogP contribution in [0.5, 0.6) is 23.0 Å². The van der Waals surface area contributed by atoms with Gasteiger partial charge in [0.1, 0.15) is 17.2 Å². The Bertz CT molecular complexity index is 2590. The second kappa shape index (κ2) is 19.2. The van der Waals surface area contributed by atoms with E-state index in [4.69, 9.17) is 19.0 Å². The summed E-state index contributed by atoms with van der Waals surface area (Å²) in [5.41, 5.74) is 4.57. The largest absolute Gasteiger partial charge is 0.458 e. The summed E-state index contributed by atoms with van der Waals surface area (Å²) in [6, 6.07) is 51.5. The maximum Gasteiger partial charge on any atom is 0.416 e. The number of hydrogen-bond donors (Lipinski definition) is 2. The lowest BCUT2D eigenvalue weighted by molar-refractivity contribution is -0.365. The van der Waals surface area contributed by atoms with Gasteiger partial charge in [-0.05, 0) is 116 Å². The van der Waals surface area contributed by atoms with Crippen molar-refractivity contribution in [2.75, 3.05) is 24.7 Å². The van der Waals surface area contributed by atoms with Gasteiger partial charge in [-0.2, -0.15) is 13.2 Å². The molecule has 2 N–H and O–H groups in total. The van der Waals surface area contributed by atoms with E-state index in [2.05, 4.69) is 10.6 Å². The van der Waals surface area contributed by atoms with Crippen LogP contribution in [0.2, 0.25) is 0 Å². The summed E-state index contributed by atoms with van der Waals surface area (Å²) in [5, 5.41) is 6.99. The Morgan fingerprint density at radius 1 is 0.587 bits per heavy atom. The first kappa shape index (κ1) is 43.8. The molecule has 0 aliphatic carbocycles. The number of hydroxylamine groups is 2. The summed E-state index contributed by atoms with van der Waals surface area (Å²) in [6.45, 7) is 5.36.